The Balaban J connectivity index is 1.87. The van der Waals surface area contributed by atoms with Gasteiger partial charge in [0.05, 0.1) is 11.8 Å². The Morgan fingerprint density at radius 3 is 2.95 bits per heavy atom. The Bertz CT molecular complexity index is 589. The number of β-amino-alcohol motifs (C(OH)–C–C–N with tert-alkyl or cyclic N) is 1. The number of aliphatic hydroxyl groups excluding tert-OH is 1. The average Bonchev–Trinajstić information content (AvgIpc) is 3.03. The molecule has 3 rings (SSSR count). The van der Waals surface area contributed by atoms with Crippen molar-refractivity contribution in [2.75, 3.05) is 6.54 Å². The van der Waals surface area contributed by atoms with Gasteiger partial charge in [0.1, 0.15) is 17.9 Å². The molecule has 0 radical (unpaired) electrons. The van der Waals surface area contributed by atoms with E-state index in [0.717, 1.165) is 12.1 Å². The van der Waals surface area contributed by atoms with E-state index >= 15 is 0 Å². The third kappa shape index (κ3) is 2.57. The largest absolute Gasteiger partial charge is 0.392 e. The van der Waals surface area contributed by atoms with Crippen molar-refractivity contribution in [2.45, 2.75) is 25.1 Å². The van der Waals surface area contributed by atoms with Crippen LogP contribution < -0.4 is 0 Å². The minimum atomic E-state index is -0.561. The topological polar surface area (TPSA) is 49.5 Å². The Kier molecular flexibility index (Phi) is 3.50. The van der Waals surface area contributed by atoms with Crippen LogP contribution in [0.25, 0.3) is 0 Å². The van der Waals surface area contributed by atoms with Crippen LogP contribution in [0.1, 0.15) is 23.7 Å². The minimum Gasteiger partial charge on any atom is -0.392 e. The lowest BCUT2D eigenvalue weighted by molar-refractivity contribution is 0.171. The van der Waals surface area contributed by atoms with Crippen molar-refractivity contribution >= 4 is 0 Å². The number of aliphatic hydroxyl groups is 1. The first-order valence-corrected chi connectivity index (χ1v) is 6.40. The van der Waals surface area contributed by atoms with E-state index in [0.29, 0.717) is 25.2 Å². The van der Waals surface area contributed by atoms with Gasteiger partial charge >= 0.3 is 0 Å². The summed E-state index contributed by atoms with van der Waals surface area (Å²) >= 11 is 0. The predicted octanol–water partition coefficient (Wildman–Crippen LogP) is 2.26. The molecule has 1 aromatic carbocycles. The number of hydrogen-bond acceptors (Lipinski definition) is 4. The number of hydrogen-bond donors (Lipinski definition) is 1. The molecular weight excluding hydrogens is 266 g/mol. The van der Waals surface area contributed by atoms with Gasteiger partial charge in [-0.2, -0.15) is 0 Å². The van der Waals surface area contributed by atoms with Crippen molar-refractivity contribution in [3.63, 3.8) is 0 Å². The van der Waals surface area contributed by atoms with Crippen LogP contribution in [0.15, 0.2) is 35.1 Å². The van der Waals surface area contributed by atoms with E-state index < -0.39 is 17.7 Å². The van der Waals surface area contributed by atoms with Crippen LogP contribution in [0.4, 0.5) is 8.78 Å². The highest BCUT2D eigenvalue weighted by Crippen LogP contribution is 2.34. The van der Waals surface area contributed by atoms with Gasteiger partial charge in [-0.1, -0.05) is 5.16 Å². The summed E-state index contributed by atoms with van der Waals surface area (Å²) < 4.78 is 32.0. The second-order valence-electron chi connectivity index (χ2n) is 4.99. The van der Waals surface area contributed by atoms with E-state index in [1.807, 2.05) is 4.90 Å². The zero-order valence-electron chi connectivity index (χ0n) is 10.7. The normalized spacial score (nSPS) is 23.4. The Morgan fingerprint density at radius 2 is 2.20 bits per heavy atom. The molecule has 2 aromatic rings. The van der Waals surface area contributed by atoms with E-state index in [1.165, 1.54) is 12.3 Å². The number of rotatable bonds is 3. The molecule has 2 heterocycles. The maximum atomic E-state index is 13.9. The smallest absolute Gasteiger partial charge is 0.128 e. The average molecular weight is 280 g/mol. The molecule has 1 saturated heterocycles. The van der Waals surface area contributed by atoms with Crippen molar-refractivity contribution in [3.8, 4) is 0 Å². The summed E-state index contributed by atoms with van der Waals surface area (Å²) in [6, 6.07) is 4.74. The molecule has 0 bridgehead atoms. The first-order valence-electron chi connectivity index (χ1n) is 6.40. The lowest BCUT2D eigenvalue weighted by Crippen LogP contribution is -2.25. The monoisotopic (exact) mass is 280 g/mol. The first-order chi connectivity index (χ1) is 9.63. The Morgan fingerprint density at radius 1 is 1.35 bits per heavy atom. The van der Waals surface area contributed by atoms with Gasteiger partial charge in [-0.3, -0.25) is 4.90 Å². The summed E-state index contributed by atoms with van der Waals surface area (Å²) in [4.78, 5) is 1.88. The van der Waals surface area contributed by atoms with Crippen molar-refractivity contribution in [1.82, 2.24) is 10.1 Å². The van der Waals surface area contributed by atoms with Gasteiger partial charge in [0.25, 0.3) is 0 Å². The van der Waals surface area contributed by atoms with E-state index in [9.17, 15) is 13.9 Å². The number of nitrogens with zero attached hydrogens (tertiary/aromatic N) is 2. The molecule has 6 heteroatoms. The second kappa shape index (κ2) is 5.30. The molecule has 0 saturated carbocycles. The summed E-state index contributed by atoms with van der Waals surface area (Å²) in [5.41, 5.74) is 0.964. The molecule has 4 nitrogen and oxygen atoms in total. The molecule has 2 atom stereocenters. The second-order valence-corrected chi connectivity index (χ2v) is 4.99. The summed E-state index contributed by atoms with van der Waals surface area (Å²) in [7, 11) is 0. The van der Waals surface area contributed by atoms with Crippen LogP contribution in [0.3, 0.4) is 0 Å². The molecule has 20 heavy (non-hydrogen) atoms. The van der Waals surface area contributed by atoms with E-state index in [4.69, 9.17) is 4.52 Å². The molecule has 1 aliphatic heterocycles. The van der Waals surface area contributed by atoms with Crippen molar-refractivity contribution in [1.29, 1.82) is 0 Å². The molecule has 1 N–H and O–H groups in total. The van der Waals surface area contributed by atoms with Gasteiger partial charge in [-0.25, -0.2) is 8.78 Å². The van der Waals surface area contributed by atoms with Crippen molar-refractivity contribution < 1.29 is 18.4 Å². The fourth-order valence-corrected chi connectivity index (χ4v) is 2.67. The van der Waals surface area contributed by atoms with E-state index in [-0.39, 0.29) is 11.6 Å². The highest BCUT2D eigenvalue weighted by atomic mass is 19.1. The number of aromatic nitrogens is 1. The first kappa shape index (κ1) is 13.2. The predicted molar refractivity (Wildman–Crippen MR) is 66.6 cm³/mol. The number of likely N-dealkylation sites (tertiary alicyclic amines) is 1. The molecule has 1 aromatic heterocycles. The molecule has 1 fully saturated rings. The molecule has 0 unspecified atom stereocenters. The highest BCUT2D eigenvalue weighted by Gasteiger charge is 2.34. The standard InChI is InChI=1S/C14H14F2N2O2/c15-9-1-2-13(16)12(5-9)14-6-11(19)8-18(14)7-10-3-4-20-17-10/h1-5,11,14,19H,6-8H2/t11-,14-/m0/s1. The molecule has 106 valence electrons. The van der Waals surface area contributed by atoms with Crippen LogP contribution >= 0.6 is 0 Å². The fourth-order valence-electron chi connectivity index (χ4n) is 2.67. The quantitative estimate of drug-likeness (QED) is 0.937. The van der Waals surface area contributed by atoms with Gasteiger partial charge in [-0.05, 0) is 24.6 Å². The summed E-state index contributed by atoms with van der Waals surface area (Å²) in [6.45, 7) is 0.821. The van der Waals surface area contributed by atoms with Crippen LogP contribution in [0, 0.1) is 11.6 Å². The van der Waals surface area contributed by atoms with Crippen molar-refractivity contribution in [2.24, 2.45) is 0 Å². The molecule has 0 spiro atoms. The SMILES string of the molecule is O[C@H]1C[C@@H](c2cc(F)ccc2F)N(Cc2ccon2)C1. The van der Waals surface area contributed by atoms with Gasteiger partial charge in [0, 0.05) is 30.8 Å². The third-order valence-electron chi connectivity index (χ3n) is 3.55. The van der Waals surface area contributed by atoms with Gasteiger partial charge in [0.15, 0.2) is 0 Å². The van der Waals surface area contributed by atoms with Crippen molar-refractivity contribution in [3.05, 3.63) is 53.4 Å². The Hall–Kier alpha value is -1.79. The third-order valence-corrected chi connectivity index (χ3v) is 3.55. The van der Waals surface area contributed by atoms with Gasteiger partial charge < -0.3 is 9.63 Å². The summed E-state index contributed by atoms with van der Waals surface area (Å²) in [6.07, 6.45) is 1.27. The van der Waals surface area contributed by atoms with Gasteiger partial charge in [-0.15, -0.1) is 0 Å². The number of halogens is 2. The maximum Gasteiger partial charge on any atom is 0.128 e. The number of benzene rings is 1. The van der Waals surface area contributed by atoms with Crippen LogP contribution in [-0.4, -0.2) is 27.8 Å². The Labute approximate surface area is 114 Å². The lowest BCUT2D eigenvalue weighted by Gasteiger charge is -2.23. The van der Waals surface area contributed by atoms with E-state index in [2.05, 4.69) is 5.16 Å². The molecule has 1 aliphatic rings. The zero-order valence-corrected chi connectivity index (χ0v) is 10.7. The highest BCUT2D eigenvalue weighted by molar-refractivity contribution is 5.24. The minimum absolute atomic E-state index is 0.269. The molecule has 0 aliphatic carbocycles. The van der Waals surface area contributed by atoms with E-state index in [1.54, 1.807) is 6.07 Å². The molecular formula is C14H14F2N2O2. The van der Waals surface area contributed by atoms with Crippen LogP contribution in [0.5, 0.6) is 0 Å². The maximum absolute atomic E-state index is 13.9. The lowest BCUT2D eigenvalue weighted by atomic mass is 10.0. The summed E-state index contributed by atoms with van der Waals surface area (Å²) in [5.74, 6) is -0.945. The molecule has 0 amide bonds. The van der Waals surface area contributed by atoms with Crippen LogP contribution in [0.2, 0.25) is 0 Å². The van der Waals surface area contributed by atoms with Crippen LogP contribution in [-0.2, 0) is 6.54 Å². The van der Waals surface area contributed by atoms with Gasteiger partial charge in [0.2, 0.25) is 0 Å². The zero-order chi connectivity index (χ0) is 14.1. The summed E-state index contributed by atoms with van der Waals surface area (Å²) in [5, 5.41) is 13.6. The fraction of sp³-hybridized carbons (Fsp3) is 0.357.